The van der Waals surface area contributed by atoms with Gasteiger partial charge < -0.3 is 24.8 Å². The van der Waals surface area contributed by atoms with Crippen LogP contribution in [-0.4, -0.2) is 70.9 Å². The van der Waals surface area contributed by atoms with E-state index in [0.29, 0.717) is 38.7 Å². The minimum absolute atomic E-state index is 0.0335. The van der Waals surface area contributed by atoms with Crippen molar-refractivity contribution in [3.05, 3.63) is 77.8 Å². The van der Waals surface area contributed by atoms with Crippen molar-refractivity contribution in [3.8, 4) is 11.3 Å². The molecule has 4 rings (SSSR count). The van der Waals surface area contributed by atoms with Crippen LogP contribution >= 0.6 is 0 Å². The Balaban J connectivity index is 1.85. The molecule has 1 aliphatic rings. The van der Waals surface area contributed by atoms with Gasteiger partial charge in [-0.1, -0.05) is 51.1 Å². The molecular weight excluding hydrogens is 519 g/mol. The number of hydrogen-bond acceptors (Lipinski definition) is 4. The highest BCUT2D eigenvalue weighted by Crippen LogP contribution is 2.40. The second-order valence-corrected chi connectivity index (χ2v) is 11.3. The average molecular weight is 558 g/mol. The van der Waals surface area contributed by atoms with Crippen molar-refractivity contribution in [2.75, 3.05) is 39.5 Å². The molecule has 2 amide bonds. The van der Waals surface area contributed by atoms with Crippen LogP contribution < -0.4 is 5.73 Å². The number of nitrogens with two attached hydrogens (primary N) is 1. The van der Waals surface area contributed by atoms with Gasteiger partial charge in [-0.15, -0.1) is 0 Å². The van der Waals surface area contributed by atoms with E-state index in [-0.39, 0.29) is 30.3 Å². The molecule has 0 spiro atoms. The Bertz CT molecular complexity index is 1270. The van der Waals surface area contributed by atoms with Gasteiger partial charge in [0.05, 0.1) is 24.9 Å². The van der Waals surface area contributed by atoms with Gasteiger partial charge in [0, 0.05) is 44.0 Å². The van der Waals surface area contributed by atoms with Crippen molar-refractivity contribution in [2.45, 2.75) is 45.8 Å². The number of imidazole rings is 1. The number of alkyl halides is 1. The van der Waals surface area contributed by atoms with Gasteiger partial charge in [0.25, 0.3) is 0 Å². The number of urea groups is 1. The molecule has 0 unspecified atom stereocenters. The van der Waals surface area contributed by atoms with Crippen LogP contribution in [0.25, 0.3) is 11.3 Å². The maximum absolute atomic E-state index is 14.9. The van der Waals surface area contributed by atoms with Crippen molar-refractivity contribution >= 4 is 6.03 Å². The van der Waals surface area contributed by atoms with E-state index >= 15 is 0 Å². The summed E-state index contributed by atoms with van der Waals surface area (Å²) in [6.45, 7) is 7.60. The zero-order valence-corrected chi connectivity index (χ0v) is 23.3. The summed E-state index contributed by atoms with van der Waals surface area (Å²) in [7, 11) is 0. The number of halogens is 3. The van der Waals surface area contributed by atoms with E-state index in [1.807, 2.05) is 55.7 Å². The first-order valence-electron chi connectivity index (χ1n) is 13.6. The lowest BCUT2D eigenvalue weighted by Gasteiger charge is -2.43. The van der Waals surface area contributed by atoms with Gasteiger partial charge in [-0.2, -0.15) is 0 Å². The predicted octanol–water partition coefficient (Wildman–Crippen LogP) is 5.40. The Labute approximate surface area is 233 Å². The van der Waals surface area contributed by atoms with Crippen LogP contribution in [0.5, 0.6) is 0 Å². The van der Waals surface area contributed by atoms with Crippen molar-refractivity contribution in [1.29, 1.82) is 0 Å². The number of rotatable bonds is 9. The van der Waals surface area contributed by atoms with Gasteiger partial charge in [0.1, 0.15) is 24.1 Å². The number of amides is 2. The highest BCUT2D eigenvalue weighted by Gasteiger charge is 2.40. The normalized spacial score (nSPS) is 15.6. The molecule has 216 valence electrons. The van der Waals surface area contributed by atoms with Crippen LogP contribution in [0.4, 0.5) is 18.0 Å². The van der Waals surface area contributed by atoms with Crippen molar-refractivity contribution < 1.29 is 22.7 Å². The Hall–Kier alpha value is -3.37. The topological polar surface area (TPSA) is 76.6 Å². The quantitative estimate of drug-likeness (QED) is 0.382. The molecule has 7 nitrogen and oxygen atoms in total. The van der Waals surface area contributed by atoms with Crippen molar-refractivity contribution in [2.24, 2.45) is 11.1 Å². The summed E-state index contributed by atoms with van der Waals surface area (Å²) in [5.41, 5.74) is 6.68. The van der Waals surface area contributed by atoms with Gasteiger partial charge >= 0.3 is 6.03 Å². The largest absolute Gasteiger partial charge is 0.378 e. The summed E-state index contributed by atoms with van der Waals surface area (Å²) in [6, 6.07) is 11.4. The fourth-order valence-corrected chi connectivity index (χ4v) is 5.03. The molecule has 0 bridgehead atoms. The lowest BCUT2D eigenvalue weighted by Crippen LogP contribution is -2.52. The molecule has 1 saturated heterocycles. The third-order valence-corrected chi connectivity index (χ3v) is 7.05. The molecule has 0 radical (unpaired) electrons. The zero-order chi connectivity index (χ0) is 28.9. The Morgan fingerprint density at radius 2 is 1.82 bits per heavy atom. The molecule has 10 heteroatoms. The van der Waals surface area contributed by atoms with E-state index in [9.17, 15) is 18.0 Å². The van der Waals surface area contributed by atoms with Crippen molar-refractivity contribution in [1.82, 2.24) is 19.4 Å². The van der Waals surface area contributed by atoms with Crippen LogP contribution in [0.15, 0.2) is 54.7 Å². The molecule has 1 fully saturated rings. The van der Waals surface area contributed by atoms with Crippen LogP contribution in [-0.2, 0) is 11.3 Å². The van der Waals surface area contributed by atoms with Crippen LogP contribution in [0.2, 0.25) is 0 Å². The number of benzene rings is 2. The fraction of sp³-hybridized carbons (Fsp3) is 0.467. The summed E-state index contributed by atoms with van der Waals surface area (Å²) >= 11 is 0. The number of hydrogen-bond donors (Lipinski definition) is 1. The zero-order valence-electron chi connectivity index (χ0n) is 23.3. The Morgan fingerprint density at radius 3 is 2.48 bits per heavy atom. The minimum Gasteiger partial charge on any atom is -0.378 e. The summed E-state index contributed by atoms with van der Waals surface area (Å²) in [4.78, 5) is 22.3. The van der Waals surface area contributed by atoms with Crippen LogP contribution in [0.3, 0.4) is 0 Å². The number of nitrogens with zero attached hydrogens (tertiary/aromatic N) is 4. The SMILES string of the molecule is CC(C)(C)[C@H](c1nc(-c2cc(F)ccc2F)cn1Cc1ccccc1)N(CC[C@H](N)CF)C(=O)N1CCOCC1. The van der Waals surface area contributed by atoms with Crippen LogP contribution in [0.1, 0.15) is 44.6 Å². The van der Waals surface area contributed by atoms with E-state index in [1.165, 1.54) is 0 Å². The molecule has 2 N–H and O–H groups in total. The molecule has 3 aromatic rings. The lowest BCUT2D eigenvalue weighted by molar-refractivity contribution is 0.0277. The van der Waals surface area contributed by atoms with Crippen molar-refractivity contribution in [3.63, 3.8) is 0 Å². The molecule has 40 heavy (non-hydrogen) atoms. The molecular formula is C30H38F3N5O2. The van der Waals surface area contributed by atoms with Gasteiger partial charge in [0.15, 0.2) is 0 Å². The van der Waals surface area contributed by atoms with Gasteiger partial charge in [0.2, 0.25) is 0 Å². The molecule has 1 aromatic heterocycles. The summed E-state index contributed by atoms with van der Waals surface area (Å²) in [5, 5.41) is 0. The maximum atomic E-state index is 14.9. The van der Waals surface area contributed by atoms with E-state index in [4.69, 9.17) is 15.5 Å². The van der Waals surface area contributed by atoms with E-state index < -0.39 is 35.8 Å². The lowest BCUT2D eigenvalue weighted by atomic mass is 9.84. The molecule has 0 saturated carbocycles. The molecule has 2 atom stereocenters. The highest BCUT2D eigenvalue weighted by atomic mass is 19.1. The number of aromatic nitrogens is 2. The maximum Gasteiger partial charge on any atom is 0.320 e. The first-order chi connectivity index (χ1) is 19.1. The molecule has 2 aromatic carbocycles. The van der Waals surface area contributed by atoms with E-state index in [0.717, 1.165) is 23.8 Å². The number of carbonyl (C=O) groups is 1. The van der Waals surface area contributed by atoms with Gasteiger partial charge in [-0.05, 0) is 35.6 Å². The van der Waals surface area contributed by atoms with E-state index in [2.05, 4.69) is 0 Å². The predicted molar refractivity (Wildman–Crippen MR) is 148 cm³/mol. The summed E-state index contributed by atoms with van der Waals surface area (Å²) in [5.74, 6) is -0.655. The first kappa shape index (κ1) is 29.6. The molecule has 1 aliphatic heterocycles. The van der Waals surface area contributed by atoms with E-state index in [1.54, 1.807) is 16.0 Å². The molecule has 0 aliphatic carbocycles. The molecule has 2 heterocycles. The highest BCUT2D eigenvalue weighted by molar-refractivity contribution is 5.75. The standard InChI is InChI=1S/C30H38F3N5O2/c1-30(2,3)27(38(12-11-23(34)18-31)29(39)36-13-15-40-16-14-36)28-35-26(24-17-22(32)9-10-25(24)33)20-37(28)19-21-7-5-4-6-8-21/h4-10,17,20,23,27H,11-16,18-19,34H2,1-3H3/t23-,27-/m0/s1. The third-order valence-electron chi connectivity index (χ3n) is 7.05. The summed E-state index contributed by atoms with van der Waals surface area (Å²) < 4.78 is 49.8. The Morgan fingerprint density at radius 1 is 1.12 bits per heavy atom. The third kappa shape index (κ3) is 7.03. The first-order valence-corrected chi connectivity index (χ1v) is 13.6. The fourth-order valence-electron chi connectivity index (χ4n) is 5.03. The Kier molecular flexibility index (Phi) is 9.52. The number of ether oxygens (including phenoxy) is 1. The van der Waals surface area contributed by atoms with Gasteiger partial charge in [-0.25, -0.2) is 22.9 Å². The van der Waals surface area contributed by atoms with Gasteiger partial charge in [-0.3, -0.25) is 0 Å². The average Bonchev–Trinajstić information content (AvgIpc) is 3.34. The number of morpholine rings is 1. The number of carbonyl (C=O) groups excluding carboxylic acids is 1. The minimum atomic E-state index is -0.721. The smallest absolute Gasteiger partial charge is 0.320 e. The monoisotopic (exact) mass is 557 g/mol. The van der Waals surface area contributed by atoms with Crippen LogP contribution in [0, 0.1) is 17.0 Å². The second kappa shape index (κ2) is 12.9. The summed E-state index contributed by atoms with van der Waals surface area (Å²) in [6.07, 6.45) is 1.95. The second-order valence-electron chi connectivity index (χ2n) is 11.3.